The van der Waals surface area contributed by atoms with E-state index in [4.69, 9.17) is 9.84 Å². The van der Waals surface area contributed by atoms with E-state index in [1.807, 2.05) is 30.3 Å². The van der Waals surface area contributed by atoms with Crippen LogP contribution in [0.2, 0.25) is 0 Å². The van der Waals surface area contributed by atoms with E-state index in [1.54, 1.807) is 22.7 Å². The number of benzene rings is 1. The molecule has 1 aliphatic heterocycles. The second-order valence-corrected chi connectivity index (χ2v) is 6.17. The monoisotopic (exact) mass is 343 g/mol. The highest BCUT2D eigenvalue weighted by Gasteiger charge is 2.26. The van der Waals surface area contributed by atoms with Crippen LogP contribution >= 0.6 is 0 Å². The quantitative estimate of drug-likeness (QED) is 0.923. The molecule has 1 amide bonds. The smallest absolute Gasteiger partial charge is 0.410 e. The van der Waals surface area contributed by atoms with Gasteiger partial charge in [0.05, 0.1) is 11.7 Å². The van der Waals surface area contributed by atoms with Crippen LogP contribution in [0.25, 0.3) is 0 Å². The Kier molecular flexibility index (Phi) is 5.02. The van der Waals surface area contributed by atoms with Crippen LogP contribution in [0, 0.1) is 6.92 Å². The number of piperidine rings is 1. The van der Waals surface area contributed by atoms with Gasteiger partial charge in [0.1, 0.15) is 12.2 Å². The van der Waals surface area contributed by atoms with E-state index < -0.39 is 5.97 Å². The summed E-state index contributed by atoms with van der Waals surface area (Å²) in [6, 6.07) is 9.67. The summed E-state index contributed by atoms with van der Waals surface area (Å²) in [6.07, 6.45) is 2.71. The van der Waals surface area contributed by atoms with Crippen LogP contribution in [-0.4, -0.2) is 44.9 Å². The van der Waals surface area contributed by atoms with Gasteiger partial charge in [-0.15, -0.1) is 0 Å². The highest BCUT2D eigenvalue weighted by molar-refractivity contribution is 5.88. The number of likely N-dealkylation sites (tertiary alicyclic amines) is 1. The van der Waals surface area contributed by atoms with Gasteiger partial charge in [-0.05, 0) is 25.3 Å². The predicted molar refractivity (Wildman–Crippen MR) is 90.4 cm³/mol. The molecule has 3 rings (SSSR count). The predicted octanol–water partition coefficient (Wildman–Crippen LogP) is 2.86. The van der Waals surface area contributed by atoms with Gasteiger partial charge in [-0.1, -0.05) is 30.3 Å². The molecule has 7 nitrogen and oxygen atoms in total. The number of carbonyl (C=O) groups excluding carboxylic acids is 1. The lowest BCUT2D eigenvalue weighted by molar-refractivity contribution is 0.0696. The minimum atomic E-state index is -0.967. The summed E-state index contributed by atoms with van der Waals surface area (Å²) in [7, 11) is 0. The van der Waals surface area contributed by atoms with Crippen LogP contribution in [0.4, 0.5) is 4.79 Å². The second kappa shape index (κ2) is 7.38. The minimum Gasteiger partial charge on any atom is -0.478 e. The maximum absolute atomic E-state index is 12.2. The van der Waals surface area contributed by atoms with Gasteiger partial charge < -0.3 is 14.7 Å². The van der Waals surface area contributed by atoms with Crippen LogP contribution in [0.1, 0.15) is 40.5 Å². The molecule has 0 saturated carbocycles. The summed E-state index contributed by atoms with van der Waals surface area (Å²) in [4.78, 5) is 25.0. The lowest BCUT2D eigenvalue weighted by Crippen LogP contribution is -2.39. The number of nitrogens with zero attached hydrogens (tertiary/aromatic N) is 3. The standard InChI is InChI=1S/C18H21N3O4/c1-13-16(17(22)23)11-21(19-13)15-7-9-20(10-8-15)18(24)25-12-14-5-3-2-4-6-14/h2-6,11,15H,7-10,12H2,1H3,(H,22,23). The summed E-state index contributed by atoms with van der Waals surface area (Å²) in [5.41, 5.74) is 1.70. The molecule has 1 aliphatic rings. The molecule has 0 unspecified atom stereocenters. The number of aromatic carboxylic acids is 1. The third-order valence-corrected chi connectivity index (χ3v) is 4.45. The summed E-state index contributed by atoms with van der Waals surface area (Å²) >= 11 is 0. The molecule has 7 heteroatoms. The maximum atomic E-state index is 12.2. The fraction of sp³-hybridized carbons (Fsp3) is 0.389. The third-order valence-electron chi connectivity index (χ3n) is 4.45. The SMILES string of the molecule is Cc1nn(C2CCN(C(=O)OCc3ccccc3)CC2)cc1C(=O)O. The van der Waals surface area contributed by atoms with E-state index in [0.717, 1.165) is 18.4 Å². The number of carbonyl (C=O) groups is 2. The number of aryl methyl sites for hydroxylation is 1. The van der Waals surface area contributed by atoms with E-state index in [2.05, 4.69) is 5.10 Å². The van der Waals surface area contributed by atoms with Crippen LogP contribution < -0.4 is 0 Å². The van der Waals surface area contributed by atoms with Gasteiger partial charge in [0, 0.05) is 19.3 Å². The van der Waals surface area contributed by atoms with Gasteiger partial charge in [0.2, 0.25) is 0 Å². The maximum Gasteiger partial charge on any atom is 0.410 e. The fourth-order valence-corrected chi connectivity index (χ4v) is 3.00. The van der Waals surface area contributed by atoms with Crippen LogP contribution in [0.3, 0.4) is 0 Å². The molecule has 2 heterocycles. The van der Waals surface area contributed by atoms with Crippen molar-refractivity contribution in [1.82, 2.24) is 14.7 Å². The first kappa shape index (κ1) is 17.0. The molecule has 1 aromatic heterocycles. The lowest BCUT2D eigenvalue weighted by atomic mass is 10.1. The van der Waals surface area contributed by atoms with Crippen molar-refractivity contribution < 1.29 is 19.4 Å². The summed E-state index contributed by atoms with van der Waals surface area (Å²) in [5, 5.41) is 13.4. The van der Waals surface area contributed by atoms with E-state index in [0.29, 0.717) is 18.8 Å². The van der Waals surface area contributed by atoms with E-state index >= 15 is 0 Å². The van der Waals surface area contributed by atoms with Gasteiger partial charge in [0.25, 0.3) is 0 Å². The van der Waals surface area contributed by atoms with Gasteiger partial charge >= 0.3 is 12.1 Å². The first-order valence-corrected chi connectivity index (χ1v) is 8.29. The molecular formula is C18H21N3O4. The second-order valence-electron chi connectivity index (χ2n) is 6.17. The van der Waals surface area contributed by atoms with Gasteiger partial charge in [0.15, 0.2) is 0 Å². The molecular weight excluding hydrogens is 322 g/mol. The van der Waals surface area contributed by atoms with Crippen molar-refractivity contribution in [2.24, 2.45) is 0 Å². The highest BCUT2D eigenvalue weighted by Crippen LogP contribution is 2.23. The van der Waals surface area contributed by atoms with E-state index in [-0.39, 0.29) is 24.3 Å². The van der Waals surface area contributed by atoms with Crippen molar-refractivity contribution >= 4 is 12.1 Å². The molecule has 1 aromatic carbocycles. The molecule has 1 fully saturated rings. The summed E-state index contributed by atoms with van der Waals surface area (Å²) < 4.78 is 7.06. The Hall–Kier alpha value is -2.83. The number of rotatable bonds is 4. The Morgan fingerprint density at radius 1 is 1.24 bits per heavy atom. The van der Waals surface area contributed by atoms with Gasteiger partial charge in [-0.25, -0.2) is 9.59 Å². The highest BCUT2D eigenvalue weighted by atomic mass is 16.6. The number of amides is 1. The normalized spacial score (nSPS) is 15.2. The van der Waals surface area contributed by atoms with Gasteiger partial charge in [-0.2, -0.15) is 5.10 Å². The molecule has 2 aromatic rings. The molecule has 132 valence electrons. The van der Waals surface area contributed by atoms with Crippen molar-refractivity contribution in [2.75, 3.05) is 13.1 Å². The van der Waals surface area contributed by atoms with E-state index in [9.17, 15) is 9.59 Å². The lowest BCUT2D eigenvalue weighted by Gasteiger charge is -2.31. The van der Waals surface area contributed by atoms with Crippen molar-refractivity contribution in [3.05, 3.63) is 53.3 Å². The van der Waals surface area contributed by atoms with Crippen molar-refractivity contribution in [1.29, 1.82) is 0 Å². The molecule has 1 N–H and O–H groups in total. The molecule has 25 heavy (non-hydrogen) atoms. The Labute approximate surface area is 145 Å². The summed E-state index contributed by atoms with van der Waals surface area (Å²) in [5.74, 6) is -0.967. The molecule has 0 spiro atoms. The largest absolute Gasteiger partial charge is 0.478 e. The number of carboxylic acid groups (broad SMARTS) is 1. The van der Waals surface area contributed by atoms with Crippen LogP contribution in [-0.2, 0) is 11.3 Å². The fourth-order valence-electron chi connectivity index (χ4n) is 3.00. The van der Waals surface area contributed by atoms with Crippen LogP contribution in [0.5, 0.6) is 0 Å². The Morgan fingerprint density at radius 3 is 2.52 bits per heavy atom. The first-order valence-electron chi connectivity index (χ1n) is 8.29. The zero-order valence-corrected chi connectivity index (χ0v) is 14.1. The minimum absolute atomic E-state index is 0.102. The average molecular weight is 343 g/mol. The molecule has 0 bridgehead atoms. The topological polar surface area (TPSA) is 84.7 Å². The first-order chi connectivity index (χ1) is 12.0. The molecule has 0 radical (unpaired) electrons. The van der Waals surface area contributed by atoms with Crippen molar-refractivity contribution in [3.8, 4) is 0 Å². The molecule has 0 aliphatic carbocycles. The number of hydrogen-bond donors (Lipinski definition) is 1. The Morgan fingerprint density at radius 2 is 1.92 bits per heavy atom. The Bertz CT molecular complexity index is 749. The average Bonchev–Trinajstić information content (AvgIpc) is 3.03. The van der Waals surface area contributed by atoms with Gasteiger partial charge in [-0.3, -0.25) is 4.68 Å². The van der Waals surface area contributed by atoms with Crippen molar-refractivity contribution in [2.45, 2.75) is 32.4 Å². The number of carboxylic acids is 1. The number of hydrogen-bond acceptors (Lipinski definition) is 4. The summed E-state index contributed by atoms with van der Waals surface area (Å²) in [6.45, 7) is 3.09. The third kappa shape index (κ3) is 3.99. The zero-order valence-electron chi connectivity index (χ0n) is 14.1. The number of ether oxygens (including phenoxy) is 1. The van der Waals surface area contributed by atoms with Crippen LogP contribution in [0.15, 0.2) is 36.5 Å². The molecule has 0 atom stereocenters. The van der Waals surface area contributed by atoms with Crippen molar-refractivity contribution in [3.63, 3.8) is 0 Å². The van der Waals surface area contributed by atoms with E-state index in [1.165, 1.54) is 0 Å². The zero-order chi connectivity index (χ0) is 17.8. The Balaban J connectivity index is 1.52. The molecule has 1 saturated heterocycles. The number of aromatic nitrogens is 2.